The van der Waals surface area contributed by atoms with E-state index in [1.165, 1.54) is 11.3 Å². The van der Waals surface area contributed by atoms with Gasteiger partial charge in [0.05, 0.1) is 11.7 Å². The number of hydrogen-bond donors (Lipinski definition) is 2. The standard InChI is InChI=1S/C19H25N5O3S/c1-12(2)27-11-16(25)24-8-5-13(6-9-24)15-4-3-14(17(20)22-15)18(26)23-19-21-7-10-28-19/h3-4,7,10,12-13H,5-6,8-9,11H2,1-2H3,(H2,20,22)(H,21,23,26). The number of ether oxygens (including phenoxy) is 1. The molecule has 9 heteroatoms. The smallest absolute Gasteiger partial charge is 0.261 e. The molecule has 3 N–H and O–H groups in total. The molecule has 1 saturated heterocycles. The maximum atomic E-state index is 12.3. The summed E-state index contributed by atoms with van der Waals surface area (Å²) in [5.41, 5.74) is 7.22. The topological polar surface area (TPSA) is 110 Å². The highest BCUT2D eigenvalue weighted by Gasteiger charge is 2.25. The van der Waals surface area contributed by atoms with Crippen LogP contribution in [0.3, 0.4) is 0 Å². The molecule has 150 valence electrons. The van der Waals surface area contributed by atoms with Crippen LogP contribution in [0.4, 0.5) is 10.9 Å². The zero-order valence-corrected chi connectivity index (χ0v) is 16.9. The van der Waals surface area contributed by atoms with Crippen molar-refractivity contribution in [2.45, 2.75) is 38.7 Å². The number of hydrogen-bond acceptors (Lipinski definition) is 7. The fraction of sp³-hybridized carbons (Fsp3) is 0.474. The van der Waals surface area contributed by atoms with E-state index in [-0.39, 0.29) is 36.3 Å². The Bertz CT molecular complexity index is 817. The zero-order valence-electron chi connectivity index (χ0n) is 16.1. The molecule has 0 bridgehead atoms. The maximum Gasteiger partial charge on any atom is 0.261 e. The highest BCUT2D eigenvalue weighted by atomic mass is 32.1. The van der Waals surface area contributed by atoms with Crippen molar-refractivity contribution in [2.75, 3.05) is 30.7 Å². The summed E-state index contributed by atoms with van der Waals surface area (Å²) >= 11 is 1.34. The summed E-state index contributed by atoms with van der Waals surface area (Å²) in [6, 6.07) is 3.55. The summed E-state index contributed by atoms with van der Waals surface area (Å²) in [6.07, 6.45) is 3.28. The highest BCUT2D eigenvalue weighted by molar-refractivity contribution is 7.13. The Labute approximate surface area is 168 Å². The third kappa shape index (κ3) is 5.05. The highest BCUT2D eigenvalue weighted by Crippen LogP contribution is 2.28. The predicted molar refractivity (Wildman–Crippen MR) is 108 cm³/mol. The van der Waals surface area contributed by atoms with Crippen molar-refractivity contribution in [1.82, 2.24) is 14.9 Å². The van der Waals surface area contributed by atoms with Gasteiger partial charge in [-0.2, -0.15) is 0 Å². The van der Waals surface area contributed by atoms with Crippen LogP contribution in [0.25, 0.3) is 0 Å². The van der Waals surface area contributed by atoms with Gasteiger partial charge in [0.2, 0.25) is 5.91 Å². The molecule has 0 atom stereocenters. The van der Waals surface area contributed by atoms with Crippen molar-refractivity contribution >= 4 is 34.1 Å². The number of likely N-dealkylation sites (tertiary alicyclic amines) is 1. The average molecular weight is 404 g/mol. The third-order valence-corrected chi connectivity index (χ3v) is 5.34. The van der Waals surface area contributed by atoms with Gasteiger partial charge in [0.1, 0.15) is 12.4 Å². The minimum Gasteiger partial charge on any atom is -0.383 e. The van der Waals surface area contributed by atoms with E-state index in [4.69, 9.17) is 10.5 Å². The Kier molecular flexibility index (Phi) is 6.58. The minimum atomic E-state index is -0.322. The molecule has 8 nitrogen and oxygen atoms in total. The molecule has 0 aliphatic carbocycles. The second kappa shape index (κ2) is 9.11. The largest absolute Gasteiger partial charge is 0.383 e. The van der Waals surface area contributed by atoms with Gasteiger partial charge in [-0.15, -0.1) is 11.3 Å². The first-order chi connectivity index (χ1) is 13.4. The number of nitrogens with two attached hydrogens (primary N) is 1. The van der Waals surface area contributed by atoms with Crippen molar-refractivity contribution in [1.29, 1.82) is 0 Å². The van der Waals surface area contributed by atoms with Gasteiger partial charge in [0, 0.05) is 36.3 Å². The molecule has 3 rings (SSSR count). The number of rotatable bonds is 6. The number of nitrogen functional groups attached to an aromatic ring is 1. The van der Waals surface area contributed by atoms with Crippen LogP contribution in [0.1, 0.15) is 48.7 Å². The summed E-state index contributed by atoms with van der Waals surface area (Å²) in [7, 11) is 0. The third-order valence-electron chi connectivity index (χ3n) is 4.65. The van der Waals surface area contributed by atoms with E-state index in [0.717, 1.165) is 18.5 Å². The van der Waals surface area contributed by atoms with Crippen molar-refractivity contribution in [3.05, 3.63) is 35.0 Å². The van der Waals surface area contributed by atoms with E-state index < -0.39 is 0 Å². The maximum absolute atomic E-state index is 12.3. The van der Waals surface area contributed by atoms with Crippen LogP contribution in [0.5, 0.6) is 0 Å². The second-order valence-electron chi connectivity index (χ2n) is 6.98. The molecule has 0 spiro atoms. The molecule has 0 aromatic carbocycles. The van der Waals surface area contributed by atoms with Crippen molar-refractivity contribution in [3.63, 3.8) is 0 Å². The molecule has 2 amide bonds. The normalized spacial score (nSPS) is 15.0. The van der Waals surface area contributed by atoms with Crippen molar-refractivity contribution in [2.24, 2.45) is 0 Å². The lowest BCUT2D eigenvalue weighted by molar-refractivity contribution is -0.138. The van der Waals surface area contributed by atoms with Crippen LogP contribution in [-0.2, 0) is 9.53 Å². The lowest BCUT2D eigenvalue weighted by Crippen LogP contribution is -2.40. The summed E-state index contributed by atoms with van der Waals surface area (Å²) in [6.45, 7) is 5.28. The molecule has 3 heterocycles. The monoisotopic (exact) mass is 403 g/mol. The zero-order chi connectivity index (χ0) is 20.1. The summed E-state index contributed by atoms with van der Waals surface area (Å²) in [4.78, 5) is 34.8. The van der Waals surface area contributed by atoms with E-state index in [1.54, 1.807) is 17.6 Å². The number of carbonyl (C=O) groups excluding carboxylic acids is 2. The molecular weight excluding hydrogens is 378 g/mol. The summed E-state index contributed by atoms with van der Waals surface area (Å²) in [5, 5.41) is 5.01. The number of nitrogens with zero attached hydrogens (tertiary/aromatic N) is 3. The van der Waals surface area contributed by atoms with E-state index in [2.05, 4.69) is 15.3 Å². The number of carbonyl (C=O) groups is 2. The Morgan fingerprint density at radius 3 is 2.71 bits per heavy atom. The molecule has 1 aliphatic heterocycles. The number of nitrogens with one attached hydrogen (secondary N) is 1. The number of pyridine rings is 1. The fourth-order valence-electron chi connectivity index (χ4n) is 3.11. The van der Waals surface area contributed by atoms with Gasteiger partial charge >= 0.3 is 0 Å². The SMILES string of the molecule is CC(C)OCC(=O)N1CCC(c2ccc(C(=O)Nc3nccs3)c(N)n2)CC1. The van der Waals surface area contributed by atoms with Crippen LogP contribution in [0.2, 0.25) is 0 Å². The number of amides is 2. The fourth-order valence-corrected chi connectivity index (χ4v) is 3.64. The number of anilines is 2. The predicted octanol–water partition coefficient (Wildman–Crippen LogP) is 2.50. The van der Waals surface area contributed by atoms with Gasteiger partial charge in [-0.25, -0.2) is 9.97 Å². The van der Waals surface area contributed by atoms with Crippen LogP contribution >= 0.6 is 11.3 Å². The van der Waals surface area contributed by atoms with E-state index in [1.807, 2.05) is 24.8 Å². The quantitative estimate of drug-likeness (QED) is 0.767. The lowest BCUT2D eigenvalue weighted by atomic mass is 9.92. The molecule has 2 aromatic heterocycles. The first-order valence-corrected chi connectivity index (χ1v) is 10.2. The summed E-state index contributed by atoms with van der Waals surface area (Å²) < 4.78 is 5.40. The molecule has 2 aromatic rings. The number of piperidine rings is 1. The Hall–Kier alpha value is -2.52. The second-order valence-corrected chi connectivity index (χ2v) is 7.87. The molecule has 0 unspecified atom stereocenters. The van der Waals surface area contributed by atoms with Gasteiger partial charge in [0.15, 0.2) is 5.13 Å². The Morgan fingerprint density at radius 1 is 1.36 bits per heavy atom. The van der Waals surface area contributed by atoms with Crippen molar-refractivity contribution in [3.8, 4) is 0 Å². The van der Waals surface area contributed by atoms with Crippen LogP contribution < -0.4 is 11.1 Å². The minimum absolute atomic E-state index is 0.0221. The Balaban J connectivity index is 1.57. The average Bonchev–Trinajstić information content (AvgIpc) is 3.19. The molecule has 0 radical (unpaired) electrons. The molecule has 1 fully saturated rings. The number of aromatic nitrogens is 2. The molecular formula is C19H25N5O3S. The van der Waals surface area contributed by atoms with Gasteiger partial charge in [-0.05, 0) is 38.8 Å². The Morgan fingerprint density at radius 2 is 2.11 bits per heavy atom. The van der Waals surface area contributed by atoms with E-state index >= 15 is 0 Å². The molecule has 28 heavy (non-hydrogen) atoms. The van der Waals surface area contributed by atoms with E-state index in [0.29, 0.717) is 23.8 Å². The molecule has 1 aliphatic rings. The van der Waals surface area contributed by atoms with Crippen molar-refractivity contribution < 1.29 is 14.3 Å². The van der Waals surface area contributed by atoms with Gasteiger partial charge in [-0.1, -0.05) is 0 Å². The first kappa shape index (κ1) is 20.2. The first-order valence-electron chi connectivity index (χ1n) is 9.30. The van der Waals surface area contributed by atoms with Crippen LogP contribution in [0.15, 0.2) is 23.7 Å². The molecule has 0 saturated carbocycles. The van der Waals surface area contributed by atoms with Gasteiger partial charge < -0.3 is 15.4 Å². The van der Waals surface area contributed by atoms with Gasteiger partial charge in [-0.3, -0.25) is 14.9 Å². The van der Waals surface area contributed by atoms with E-state index in [9.17, 15) is 9.59 Å². The lowest BCUT2D eigenvalue weighted by Gasteiger charge is -2.32. The van der Waals surface area contributed by atoms with Gasteiger partial charge in [0.25, 0.3) is 5.91 Å². The number of thiazole rings is 1. The summed E-state index contributed by atoms with van der Waals surface area (Å²) in [5.74, 6) is 0.120. The van der Waals surface area contributed by atoms with Crippen LogP contribution in [-0.4, -0.2) is 52.5 Å². The van der Waals surface area contributed by atoms with Crippen LogP contribution in [0, 0.1) is 0 Å².